The molecule has 0 amide bonds. The zero-order valence-corrected chi connectivity index (χ0v) is 12.2. The quantitative estimate of drug-likeness (QED) is 0.791. The van der Waals surface area contributed by atoms with Crippen LogP contribution in [-0.2, 0) is 17.1 Å². The summed E-state index contributed by atoms with van der Waals surface area (Å²) in [7, 11) is -1.64. The number of rotatable bonds is 3. The summed E-state index contributed by atoms with van der Waals surface area (Å²) in [6.07, 6.45) is 3.22. The second kappa shape index (κ2) is 5.19. The van der Waals surface area contributed by atoms with Gasteiger partial charge in [0.25, 0.3) is 10.0 Å². The summed E-state index contributed by atoms with van der Waals surface area (Å²) in [5.41, 5.74) is 0. The lowest BCUT2D eigenvalue weighted by Crippen LogP contribution is -2.38. The number of hydrogen-bond donors (Lipinski definition) is 0. The van der Waals surface area contributed by atoms with Crippen LogP contribution in [0.15, 0.2) is 11.2 Å². The third kappa shape index (κ3) is 2.55. The van der Waals surface area contributed by atoms with Crippen molar-refractivity contribution in [2.75, 3.05) is 19.0 Å². The number of piperidine rings is 1. The summed E-state index contributed by atoms with van der Waals surface area (Å²) in [5, 5.41) is 0.145. The first-order chi connectivity index (χ1) is 8.45. The van der Waals surface area contributed by atoms with Gasteiger partial charge >= 0.3 is 0 Å². The minimum atomic E-state index is -3.44. The zero-order chi connectivity index (χ0) is 13.3. The van der Waals surface area contributed by atoms with Gasteiger partial charge in [0.2, 0.25) is 0 Å². The lowest BCUT2D eigenvalue weighted by Gasteiger charge is -2.29. The molecule has 7 heteroatoms. The average Bonchev–Trinajstić information content (AvgIpc) is 2.70. The molecule has 0 atom stereocenters. The highest BCUT2D eigenvalue weighted by atomic mass is 35.5. The minimum Gasteiger partial charge on any atom is -0.337 e. The van der Waals surface area contributed by atoms with Crippen molar-refractivity contribution in [3.05, 3.63) is 12.0 Å². The van der Waals surface area contributed by atoms with E-state index in [1.54, 1.807) is 24.7 Å². The molecule has 0 spiro atoms. The molecule has 2 heterocycles. The molecule has 102 valence electrons. The van der Waals surface area contributed by atoms with Crippen LogP contribution < -0.4 is 0 Å². The first-order valence-electron chi connectivity index (χ1n) is 6.01. The first-order valence-corrected chi connectivity index (χ1v) is 7.98. The van der Waals surface area contributed by atoms with Gasteiger partial charge in [0.15, 0.2) is 5.03 Å². The van der Waals surface area contributed by atoms with E-state index in [9.17, 15) is 8.42 Å². The molecule has 1 aliphatic rings. The number of nitrogens with zero attached hydrogens (tertiary/aromatic N) is 3. The summed E-state index contributed by atoms with van der Waals surface area (Å²) in [4.78, 5) is 4.10. The summed E-state index contributed by atoms with van der Waals surface area (Å²) >= 11 is 5.80. The Bertz CT molecular complexity index is 499. The predicted octanol–water partition coefficient (Wildman–Crippen LogP) is 1.37. The van der Waals surface area contributed by atoms with Gasteiger partial charge in [0, 0.05) is 32.2 Å². The minimum absolute atomic E-state index is 0.145. The van der Waals surface area contributed by atoms with Crippen molar-refractivity contribution in [2.45, 2.75) is 24.8 Å². The van der Waals surface area contributed by atoms with E-state index in [0.717, 1.165) is 12.8 Å². The van der Waals surface area contributed by atoms with Crippen LogP contribution in [0, 0.1) is 12.8 Å². The molecule has 1 aromatic rings. The van der Waals surface area contributed by atoms with Gasteiger partial charge in [0.05, 0.1) is 0 Å². The van der Waals surface area contributed by atoms with Gasteiger partial charge in [-0.05, 0) is 25.7 Å². The van der Waals surface area contributed by atoms with Crippen molar-refractivity contribution >= 4 is 21.6 Å². The van der Waals surface area contributed by atoms with E-state index in [0.29, 0.717) is 30.7 Å². The van der Waals surface area contributed by atoms with Gasteiger partial charge in [-0.1, -0.05) is 0 Å². The molecule has 0 radical (unpaired) electrons. The molecule has 18 heavy (non-hydrogen) atoms. The van der Waals surface area contributed by atoms with Crippen LogP contribution in [0.1, 0.15) is 18.7 Å². The third-order valence-corrected chi connectivity index (χ3v) is 5.69. The molecule has 0 bridgehead atoms. The maximum atomic E-state index is 12.4. The molecular weight excluding hydrogens is 274 g/mol. The van der Waals surface area contributed by atoms with Crippen LogP contribution in [-0.4, -0.2) is 41.2 Å². The Kier molecular flexibility index (Phi) is 3.99. The van der Waals surface area contributed by atoms with Crippen molar-refractivity contribution in [3.8, 4) is 0 Å². The Balaban J connectivity index is 2.17. The van der Waals surface area contributed by atoms with Crippen LogP contribution >= 0.6 is 11.6 Å². The molecule has 1 saturated heterocycles. The fourth-order valence-electron chi connectivity index (χ4n) is 2.09. The second-order valence-electron chi connectivity index (χ2n) is 4.74. The molecule has 0 unspecified atom stereocenters. The lowest BCUT2D eigenvalue weighted by molar-refractivity contribution is 0.289. The van der Waals surface area contributed by atoms with Crippen LogP contribution in [0.25, 0.3) is 0 Å². The van der Waals surface area contributed by atoms with Gasteiger partial charge in [-0.2, -0.15) is 4.31 Å². The maximum absolute atomic E-state index is 12.4. The number of sulfonamides is 1. The van der Waals surface area contributed by atoms with E-state index >= 15 is 0 Å². The van der Waals surface area contributed by atoms with Gasteiger partial charge in [-0.3, -0.25) is 0 Å². The Morgan fingerprint density at radius 2 is 2.06 bits per heavy atom. The van der Waals surface area contributed by atoms with E-state index in [1.807, 2.05) is 0 Å². The van der Waals surface area contributed by atoms with Crippen LogP contribution in [0.3, 0.4) is 0 Å². The Morgan fingerprint density at radius 1 is 1.44 bits per heavy atom. The van der Waals surface area contributed by atoms with Crippen molar-refractivity contribution in [2.24, 2.45) is 13.0 Å². The second-order valence-corrected chi connectivity index (χ2v) is 6.93. The lowest BCUT2D eigenvalue weighted by atomic mass is 10.0. The molecule has 2 rings (SSSR count). The molecule has 1 fully saturated rings. The Hall–Kier alpha value is -0.590. The van der Waals surface area contributed by atoms with E-state index in [-0.39, 0.29) is 5.03 Å². The van der Waals surface area contributed by atoms with Crippen molar-refractivity contribution in [3.63, 3.8) is 0 Å². The molecule has 0 N–H and O–H groups in total. The van der Waals surface area contributed by atoms with E-state index < -0.39 is 10.0 Å². The third-order valence-electron chi connectivity index (χ3n) is 3.48. The van der Waals surface area contributed by atoms with Crippen molar-refractivity contribution in [1.82, 2.24) is 13.9 Å². The van der Waals surface area contributed by atoms with E-state index in [1.165, 1.54) is 4.31 Å². The predicted molar refractivity (Wildman–Crippen MR) is 70.1 cm³/mol. The van der Waals surface area contributed by atoms with Gasteiger partial charge in [-0.15, -0.1) is 11.6 Å². The van der Waals surface area contributed by atoms with Gasteiger partial charge in [0.1, 0.15) is 5.82 Å². The molecule has 1 aliphatic heterocycles. The topological polar surface area (TPSA) is 55.2 Å². The normalized spacial score (nSPS) is 19.3. The number of alkyl halides is 1. The first kappa shape index (κ1) is 13.8. The summed E-state index contributed by atoms with van der Waals surface area (Å²) in [6.45, 7) is 2.86. The number of aryl methyl sites for hydroxylation is 2. The summed E-state index contributed by atoms with van der Waals surface area (Å²) in [6, 6.07) is 0. The highest BCUT2D eigenvalue weighted by Crippen LogP contribution is 2.23. The average molecular weight is 292 g/mol. The number of imidazole rings is 1. The number of hydrogen-bond acceptors (Lipinski definition) is 3. The number of halogens is 1. The monoisotopic (exact) mass is 291 g/mol. The maximum Gasteiger partial charge on any atom is 0.262 e. The summed E-state index contributed by atoms with van der Waals surface area (Å²) in [5.74, 6) is 1.74. The Labute approximate surface area is 113 Å². The fourth-order valence-corrected chi connectivity index (χ4v) is 3.89. The van der Waals surface area contributed by atoms with Crippen molar-refractivity contribution < 1.29 is 8.42 Å². The molecular formula is C11H18ClN3O2S. The van der Waals surface area contributed by atoms with Gasteiger partial charge in [-0.25, -0.2) is 13.4 Å². The fraction of sp³-hybridized carbons (Fsp3) is 0.727. The highest BCUT2D eigenvalue weighted by Gasteiger charge is 2.30. The SMILES string of the molecule is Cc1nc(S(=O)(=O)N2CCC(CCl)CC2)cn1C. The molecule has 0 aliphatic carbocycles. The molecule has 0 aromatic carbocycles. The smallest absolute Gasteiger partial charge is 0.262 e. The largest absolute Gasteiger partial charge is 0.337 e. The van der Waals surface area contributed by atoms with Crippen LogP contribution in [0.5, 0.6) is 0 Å². The molecule has 5 nitrogen and oxygen atoms in total. The van der Waals surface area contributed by atoms with E-state index in [2.05, 4.69) is 4.98 Å². The van der Waals surface area contributed by atoms with Crippen LogP contribution in [0.4, 0.5) is 0 Å². The van der Waals surface area contributed by atoms with Crippen LogP contribution in [0.2, 0.25) is 0 Å². The highest BCUT2D eigenvalue weighted by molar-refractivity contribution is 7.89. The summed E-state index contributed by atoms with van der Waals surface area (Å²) < 4.78 is 28.0. The Morgan fingerprint density at radius 3 is 2.50 bits per heavy atom. The zero-order valence-electron chi connectivity index (χ0n) is 10.6. The standard InChI is InChI=1S/C11H18ClN3O2S/c1-9-13-11(8-14(9)2)18(16,17)15-5-3-10(7-12)4-6-15/h8,10H,3-7H2,1-2H3. The molecule has 1 aromatic heterocycles. The van der Waals surface area contributed by atoms with Gasteiger partial charge < -0.3 is 4.57 Å². The molecule has 0 saturated carbocycles. The number of aromatic nitrogens is 2. The van der Waals surface area contributed by atoms with E-state index in [4.69, 9.17) is 11.6 Å². The van der Waals surface area contributed by atoms with Crippen molar-refractivity contribution in [1.29, 1.82) is 0 Å².